The van der Waals surface area contributed by atoms with Gasteiger partial charge in [-0.15, -0.1) is 0 Å². The van der Waals surface area contributed by atoms with Crippen LogP contribution >= 0.6 is 11.6 Å². The van der Waals surface area contributed by atoms with Crippen LogP contribution in [0.4, 0.5) is 5.69 Å². The molecular weight excluding hydrogens is 364 g/mol. The third kappa shape index (κ3) is 3.87. The molecule has 0 bridgehead atoms. The van der Waals surface area contributed by atoms with Gasteiger partial charge in [-0.05, 0) is 31.0 Å². The molecule has 0 spiro atoms. The van der Waals surface area contributed by atoms with Gasteiger partial charge in [-0.2, -0.15) is 0 Å². The molecule has 1 amide bonds. The molecule has 3 rings (SSSR count). The Morgan fingerprint density at radius 3 is 2.60 bits per heavy atom. The first-order valence-corrected chi connectivity index (χ1v) is 10.7. The molecule has 138 valence electrons. The average molecular weight is 387 g/mol. The number of anilines is 1. The Morgan fingerprint density at radius 1 is 1.28 bits per heavy atom. The third-order valence-corrected chi connectivity index (χ3v) is 6.32. The minimum Gasteiger partial charge on any atom is -0.476 e. The topological polar surface area (TPSA) is 66.9 Å². The normalized spacial score (nSPS) is 21.4. The summed E-state index contributed by atoms with van der Waals surface area (Å²) in [7, 11) is -1.77. The molecule has 1 fully saturated rings. The van der Waals surface area contributed by atoms with Crippen LogP contribution in [0.5, 0.6) is 5.75 Å². The molecule has 1 aromatic rings. The first-order chi connectivity index (χ1) is 11.8. The predicted octanol–water partition coefficient (Wildman–Crippen LogP) is 2.66. The van der Waals surface area contributed by atoms with Gasteiger partial charge in [0.1, 0.15) is 5.75 Å². The van der Waals surface area contributed by atoms with Crippen molar-refractivity contribution in [3.63, 3.8) is 0 Å². The van der Waals surface area contributed by atoms with Crippen LogP contribution in [0.25, 0.3) is 0 Å². The first-order valence-electron chi connectivity index (χ1n) is 8.48. The quantitative estimate of drug-likeness (QED) is 0.800. The fourth-order valence-electron chi connectivity index (χ4n) is 3.54. The van der Waals surface area contributed by atoms with Crippen LogP contribution in [-0.4, -0.2) is 51.2 Å². The van der Waals surface area contributed by atoms with Crippen LogP contribution in [0.3, 0.4) is 0 Å². The Hall–Kier alpha value is -1.47. The number of benzene rings is 1. The number of halogens is 1. The fourth-order valence-corrected chi connectivity index (χ4v) is 4.62. The van der Waals surface area contributed by atoms with Gasteiger partial charge in [0.2, 0.25) is 10.0 Å². The zero-order valence-electron chi connectivity index (χ0n) is 14.4. The van der Waals surface area contributed by atoms with Gasteiger partial charge in [0.25, 0.3) is 5.91 Å². The molecule has 1 atom stereocenters. The number of hydrogen-bond donors (Lipinski definition) is 0. The largest absolute Gasteiger partial charge is 0.476 e. The summed E-state index contributed by atoms with van der Waals surface area (Å²) in [6, 6.07) is 4.97. The summed E-state index contributed by atoms with van der Waals surface area (Å²) in [5, 5.41) is 0.417. The lowest BCUT2D eigenvalue weighted by atomic mass is 9.94. The molecule has 1 aliphatic carbocycles. The van der Waals surface area contributed by atoms with Crippen molar-refractivity contribution < 1.29 is 17.9 Å². The molecule has 8 heteroatoms. The van der Waals surface area contributed by atoms with Crippen LogP contribution < -0.4 is 9.04 Å². The number of rotatable bonds is 3. The zero-order chi connectivity index (χ0) is 18.2. The Morgan fingerprint density at radius 2 is 1.96 bits per heavy atom. The lowest BCUT2D eigenvalue weighted by molar-refractivity contribution is -0.139. The Kier molecular flexibility index (Phi) is 5.16. The van der Waals surface area contributed by atoms with E-state index in [1.165, 1.54) is 10.7 Å². The third-order valence-electron chi connectivity index (χ3n) is 4.94. The highest BCUT2D eigenvalue weighted by molar-refractivity contribution is 7.92. The van der Waals surface area contributed by atoms with E-state index in [1.54, 1.807) is 30.1 Å². The van der Waals surface area contributed by atoms with Crippen LogP contribution in [0, 0.1) is 0 Å². The van der Waals surface area contributed by atoms with Crippen molar-refractivity contribution in [2.75, 3.05) is 24.2 Å². The van der Waals surface area contributed by atoms with Crippen molar-refractivity contribution in [2.24, 2.45) is 0 Å². The second kappa shape index (κ2) is 7.03. The highest BCUT2D eigenvalue weighted by atomic mass is 35.5. The number of amides is 1. The van der Waals surface area contributed by atoms with Gasteiger partial charge in [0.15, 0.2) is 6.10 Å². The standard InChI is InChI=1S/C17H23ClN2O4S/c1-19(13-6-4-3-5-7-13)17(21)16-11-20(25(2,22)23)14-10-12(18)8-9-15(14)24-16/h8-10,13,16H,3-7,11H2,1-2H3. The zero-order valence-corrected chi connectivity index (χ0v) is 16.0. The molecule has 25 heavy (non-hydrogen) atoms. The molecule has 0 radical (unpaired) electrons. The van der Waals surface area contributed by atoms with Gasteiger partial charge in [-0.3, -0.25) is 9.10 Å². The van der Waals surface area contributed by atoms with Crippen LogP contribution in [-0.2, 0) is 14.8 Å². The van der Waals surface area contributed by atoms with E-state index < -0.39 is 16.1 Å². The molecule has 2 aliphatic rings. The van der Waals surface area contributed by atoms with E-state index in [9.17, 15) is 13.2 Å². The number of likely N-dealkylation sites (N-methyl/N-ethyl adjacent to an activating group) is 1. The summed E-state index contributed by atoms with van der Waals surface area (Å²) >= 11 is 5.99. The minimum absolute atomic E-state index is 0.0396. The number of ether oxygens (including phenoxy) is 1. The average Bonchev–Trinajstić information content (AvgIpc) is 2.59. The SMILES string of the molecule is CN(C(=O)C1CN(S(C)(=O)=O)c2cc(Cl)ccc2O1)C1CCCCC1. The molecule has 0 saturated heterocycles. The van der Waals surface area contributed by atoms with Crippen molar-refractivity contribution in [1.29, 1.82) is 0 Å². The van der Waals surface area contributed by atoms with Crippen molar-refractivity contribution in [1.82, 2.24) is 4.90 Å². The highest BCUT2D eigenvalue weighted by Gasteiger charge is 2.37. The van der Waals surface area contributed by atoms with Crippen LogP contribution in [0.15, 0.2) is 18.2 Å². The van der Waals surface area contributed by atoms with Gasteiger partial charge < -0.3 is 9.64 Å². The first kappa shape index (κ1) is 18.3. The summed E-state index contributed by atoms with van der Waals surface area (Å²) in [6.45, 7) is -0.0396. The summed E-state index contributed by atoms with van der Waals surface area (Å²) in [5.74, 6) is 0.178. The van der Waals surface area contributed by atoms with Crippen molar-refractivity contribution in [3.05, 3.63) is 23.2 Å². The molecule has 1 heterocycles. The maximum atomic E-state index is 12.9. The van der Waals surface area contributed by atoms with Crippen molar-refractivity contribution in [2.45, 2.75) is 44.2 Å². The lowest BCUT2D eigenvalue weighted by Gasteiger charge is -2.38. The summed E-state index contributed by atoms with van der Waals surface area (Å²) in [6.07, 6.45) is 5.67. The molecule has 1 aromatic carbocycles. The Balaban J connectivity index is 1.86. The van der Waals surface area contributed by atoms with Gasteiger partial charge in [0, 0.05) is 18.1 Å². The van der Waals surface area contributed by atoms with E-state index in [4.69, 9.17) is 16.3 Å². The summed E-state index contributed by atoms with van der Waals surface area (Å²) in [4.78, 5) is 14.6. The maximum absolute atomic E-state index is 12.9. The Bertz CT molecular complexity index is 762. The highest BCUT2D eigenvalue weighted by Crippen LogP contribution is 2.37. The minimum atomic E-state index is -3.55. The van der Waals surface area contributed by atoms with Crippen molar-refractivity contribution in [3.8, 4) is 5.75 Å². The summed E-state index contributed by atoms with van der Waals surface area (Å²) < 4.78 is 31.4. The van der Waals surface area contributed by atoms with Gasteiger partial charge in [-0.25, -0.2) is 8.42 Å². The monoisotopic (exact) mass is 386 g/mol. The number of nitrogens with zero attached hydrogens (tertiary/aromatic N) is 2. The molecule has 1 unspecified atom stereocenters. The van der Waals surface area contributed by atoms with E-state index in [0.29, 0.717) is 16.5 Å². The smallest absolute Gasteiger partial charge is 0.265 e. The second-order valence-electron chi connectivity index (χ2n) is 6.75. The molecule has 6 nitrogen and oxygen atoms in total. The number of fused-ring (bicyclic) bond motifs is 1. The Labute approximate surface area is 153 Å². The molecule has 1 saturated carbocycles. The van der Waals surface area contributed by atoms with Crippen molar-refractivity contribution >= 4 is 33.2 Å². The van der Waals surface area contributed by atoms with E-state index in [2.05, 4.69) is 0 Å². The second-order valence-corrected chi connectivity index (χ2v) is 9.10. The van der Waals surface area contributed by atoms with E-state index in [-0.39, 0.29) is 18.5 Å². The number of carbonyl (C=O) groups is 1. The van der Waals surface area contributed by atoms with E-state index in [1.807, 2.05) is 0 Å². The molecule has 1 aliphatic heterocycles. The number of carbonyl (C=O) groups excluding carboxylic acids is 1. The molecular formula is C17H23ClN2O4S. The predicted molar refractivity (Wildman–Crippen MR) is 97.7 cm³/mol. The van der Waals surface area contributed by atoms with Crippen LogP contribution in [0.2, 0.25) is 5.02 Å². The van der Waals surface area contributed by atoms with Gasteiger partial charge >= 0.3 is 0 Å². The summed E-state index contributed by atoms with van der Waals surface area (Å²) in [5.41, 5.74) is 0.374. The fraction of sp³-hybridized carbons (Fsp3) is 0.588. The molecule has 0 N–H and O–H groups in total. The van der Waals surface area contributed by atoms with E-state index in [0.717, 1.165) is 31.9 Å². The number of sulfonamides is 1. The van der Waals surface area contributed by atoms with E-state index >= 15 is 0 Å². The lowest BCUT2D eigenvalue weighted by Crippen LogP contribution is -2.53. The molecule has 0 aromatic heterocycles. The number of hydrogen-bond acceptors (Lipinski definition) is 4. The van der Waals surface area contributed by atoms with Gasteiger partial charge in [-0.1, -0.05) is 30.9 Å². The van der Waals surface area contributed by atoms with Crippen LogP contribution in [0.1, 0.15) is 32.1 Å². The maximum Gasteiger partial charge on any atom is 0.265 e. The van der Waals surface area contributed by atoms with Gasteiger partial charge in [0.05, 0.1) is 18.5 Å².